The van der Waals surface area contributed by atoms with Crippen molar-refractivity contribution in [3.63, 3.8) is 0 Å². The number of para-hydroxylation sites is 1. The van der Waals surface area contributed by atoms with E-state index in [-0.39, 0.29) is 49.0 Å². The van der Waals surface area contributed by atoms with Crippen molar-refractivity contribution in [2.45, 2.75) is 63.7 Å². The third-order valence-electron chi connectivity index (χ3n) is 7.45. The van der Waals surface area contributed by atoms with Crippen LogP contribution in [-0.2, 0) is 26.1 Å². The number of hydrogen-bond acceptors (Lipinski definition) is 6. The average molecular weight is 514 g/mol. The number of nitrogens with zero attached hydrogens (tertiary/aromatic N) is 3. The second-order valence-electron chi connectivity index (χ2n) is 9.81. The van der Waals surface area contributed by atoms with E-state index < -0.39 is 6.29 Å². The van der Waals surface area contributed by atoms with Crippen molar-refractivity contribution in [1.82, 2.24) is 14.3 Å². The van der Waals surface area contributed by atoms with Gasteiger partial charge in [0.25, 0.3) is 11.5 Å². The summed E-state index contributed by atoms with van der Waals surface area (Å²) in [5.41, 5.74) is 2.12. The lowest BCUT2D eigenvalue weighted by atomic mass is 9.92. The molecule has 0 bridgehead atoms. The van der Waals surface area contributed by atoms with E-state index in [9.17, 15) is 9.59 Å². The van der Waals surface area contributed by atoms with E-state index in [0.29, 0.717) is 18.6 Å². The van der Waals surface area contributed by atoms with E-state index in [0.717, 1.165) is 37.1 Å². The van der Waals surface area contributed by atoms with Gasteiger partial charge in [0.05, 0.1) is 32.1 Å². The predicted octanol–water partition coefficient (Wildman–Crippen LogP) is 3.01. The van der Waals surface area contributed by atoms with Gasteiger partial charge in [-0.25, -0.2) is 4.68 Å². The Balaban J connectivity index is 1.63. The van der Waals surface area contributed by atoms with Gasteiger partial charge in [0.1, 0.15) is 0 Å². The number of hydrogen-bond donors (Lipinski definition) is 1. The number of aliphatic hydroxyl groups is 1. The molecule has 1 saturated carbocycles. The number of ether oxygens (including phenoxy) is 3. The minimum Gasteiger partial charge on any atom is -0.459 e. The Bertz CT molecular complexity index is 1130. The molecular weight excluding hydrogens is 474 g/mol. The maximum absolute atomic E-state index is 13.7. The van der Waals surface area contributed by atoms with Crippen LogP contribution in [-0.4, -0.2) is 71.1 Å². The third-order valence-corrected chi connectivity index (χ3v) is 7.45. The number of carbonyl (C=O) groups is 1. The second-order valence-corrected chi connectivity index (χ2v) is 9.81. The molecule has 1 fully saturated rings. The number of aliphatic hydroxyl groups excluding tert-OH is 1. The molecule has 37 heavy (non-hydrogen) atoms. The number of carbonyl (C=O) groups excluding carboxylic acids is 1. The molecule has 0 spiro atoms. The second kappa shape index (κ2) is 12.6. The van der Waals surface area contributed by atoms with Crippen molar-refractivity contribution in [3.05, 3.63) is 63.8 Å². The fourth-order valence-corrected chi connectivity index (χ4v) is 5.34. The largest absolute Gasteiger partial charge is 0.459 e. The van der Waals surface area contributed by atoms with Crippen molar-refractivity contribution in [1.29, 1.82) is 0 Å². The lowest BCUT2D eigenvalue weighted by molar-refractivity contribution is -0.157. The molecule has 4 rings (SSSR count). The van der Waals surface area contributed by atoms with Crippen molar-refractivity contribution >= 4 is 5.91 Å². The first-order valence-electron chi connectivity index (χ1n) is 13.2. The molecule has 2 heterocycles. The maximum Gasteiger partial charge on any atom is 0.288 e. The van der Waals surface area contributed by atoms with E-state index in [2.05, 4.69) is 0 Å². The SMILES string of the molecule is Cc1c(C2C=C(C(=O)N(C)C3CCCCC3)OC(OCCOCCO)C2)c(=O)n(-c2ccccc2)n1C. The van der Waals surface area contributed by atoms with Gasteiger partial charge in [-0.05, 0) is 38.0 Å². The van der Waals surface area contributed by atoms with E-state index in [1.807, 2.05) is 56.0 Å². The molecular formula is C28H39N3O6. The van der Waals surface area contributed by atoms with Gasteiger partial charge in [-0.1, -0.05) is 37.5 Å². The zero-order valence-electron chi connectivity index (χ0n) is 22.1. The molecule has 9 nitrogen and oxygen atoms in total. The smallest absolute Gasteiger partial charge is 0.288 e. The van der Waals surface area contributed by atoms with E-state index in [4.69, 9.17) is 19.3 Å². The molecule has 202 valence electrons. The summed E-state index contributed by atoms with van der Waals surface area (Å²) >= 11 is 0. The number of aromatic nitrogens is 2. The van der Waals surface area contributed by atoms with Crippen LogP contribution >= 0.6 is 0 Å². The summed E-state index contributed by atoms with van der Waals surface area (Å²) < 4.78 is 20.8. The Morgan fingerprint density at radius 2 is 1.86 bits per heavy atom. The van der Waals surface area contributed by atoms with Crippen LogP contribution < -0.4 is 5.56 Å². The van der Waals surface area contributed by atoms with Gasteiger partial charge in [0.2, 0.25) is 6.29 Å². The van der Waals surface area contributed by atoms with Crippen molar-refractivity contribution in [2.75, 3.05) is 33.5 Å². The van der Waals surface area contributed by atoms with Gasteiger partial charge in [-0.2, -0.15) is 0 Å². The number of rotatable bonds is 10. The zero-order valence-corrected chi connectivity index (χ0v) is 22.1. The molecule has 9 heteroatoms. The molecule has 1 N–H and O–H groups in total. The van der Waals surface area contributed by atoms with Crippen molar-refractivity contribution in [3.8, 4) is 5.69 Å². The van der Waals surface area contributed by atoms with Crippen LogP contribution in [0.25, 0.3) is 5.69 Å². The average Bonchev–Trinajstić information content (AvgIpc) is 3.15. The summed E-state index contributed by atoms with van der Waals surface area (Å²) in [7, 11) is 3.70. The van der Waals surface area contributed by atoms with E-state index >= 15 is 0 Å². The highest BCUT2D eigenvalue weighted by molar-refractivity contribution is 5.91. The Labute approximate surface area is 218 Å². The first kappa shape index (κ1) is 27.2. The van der Waals surface area contributed by atoms with Crippen LogP contribution in [0.4, 0.5) is 0 Å². The van der Waals surface area contributed by atoms with Gasteiger partial charge in [0.15, 0.2) is 5.76 Å². The maximum atomic E-state index is 13.7. The topological polar surface area (TPSA) is 95.2 Å². The molecule has 2 atom stereocenters. The summed E-state index contributed by atoms with van der Waals surface area (Å²) in [5, 5.41) is 8.92. The summed E-state index contributed by atoms with van der Waals surface area (Å²) in [6, 6.07) is 9.70. The molecule has 2 aromatic rings. The summed E-state index contributed by atoms with van der Waals surface area (Å²) in [4.78, 5) is 29.0. The minimum absolute atomic E-state index is 0.0577. The van der Waals surface area contributed by atoms with Crippen LogP contribution in [0.5, 0.6) is 0 Å². The Morgan fingerprint density at radius 3 is 2.57 bits per heavy atom. The molecule has 1 aliphatic heterocycles. The van der Waals surface area contributed by atoms with Crippen LogP contribution in [0.3, 0.4) is 0 Å². The molecule has 1 aromatic carbocycles. The lowest BCUT2D eigenvalue weighted by Crippen LogP contribution is -2.41. The van der Waals surface area contributed by atoms with Gasteiger partial charge < -0.3 is 24.2 Å². The normalized spacial score (nSPS) is 20.4. The van der Waals surface area contributed by atoms with E-state index in [1.165, 1.54) is 6.42 Å². The van der Waals surface area contributed by atoms with Gasteiger partial charge in [-0.3, -0.25) is 14.3 Å². The van der Waals surface area contributed by atoms with Crippen LogP contribution in [0.1, 0.15) is 55.7 Å². The van der Waals surface area contributed by atoms with E-state index in [1.54, 1.807) is 15.7 Å². The fraction of sp³-hybridized carbons (Fsp3) is 0.571. The highest BCUT2D eigenvalue weighted by atomic mass is 16.7. The number of amides is 1. The number of likely N-dealkylation sites (N-methyl/N-ethyl adjacent to an activating group) is 1. The van der Waals surface area contributed by atoms with Crippen LogP contribution in [0.2, 0.25) is 0 Å². The molecule has 1 amide bonds. The standard InChI is InChI=1S/C28H39N3O6/c1-20-26(28(34)31(30(20)3)23-12-8-5-9-13-23)21-18-24(27(33)29(2)22-10-6-4-7-11-22)37-25(19-21)36-17-16-35-15-14-32/h5,8-9,12-13,18,21-22,25,32H,4,6-7,10-11,14-17,19H2,1-3H3. The highest BCUT2D eigenvalue weighted by Gasteiger charge is 2.35. The van der Waals surface area contributed by atoms with Crippen molar-refractivity contribution < 1.29 is 24.1 Å². The molecule has 2 unspecified atom stereocenters. The van der Waals surface area contributed by atoms with Crippen LogP contribution in [0.15, 0.2) is 47.0 Å². The Hall–Kier alpha value is -2.88. The monoisotopic (exact) mass is 513 g/mol. The summed E-state index contributed by atoms with van der Waals surface area (Å²) in [6.07, 6.45) is 6.91. The summed E-state index contributed by atoms with van der Waals surface area (Å²) in [5.74, 6) is -0.308. The first-order valence-corrected chi connectivity index (χ1v) is 13.2. The highest BCUT2D eigenvalue weighted by Crippen LogP contribution is 2.33. The fourth-order valence-electron chi connectivity index (χ4n) is 5.34. The zero-order chi connectivity index (χ0) is 26.4. The third kappa shape index (κ3) is 6.17. The Kier molecular flexibility index (Phi) is 9.23. The quantitative estimate of drug-likeness (QED) is 0.491. The molecule has 1 aliphatic carbocycles. The lowest BCUT2D eigenvalue weighted by Gasteiger charge is -2.34. The predicted molar refractivity (Wildman–Crippen MR) is 140 cm³/mol. The van der Waals surface area contributed by atoms with Gasteiger partial charge >= 0.3 is 0 Å². The molecule has 2 aliphatic rings. The van der Waals surface area contributed by atoms with Crippen LogP contribution in [0, 0.1) is 6.92 Å². The van der Waals surface area contributed by atoms with Gasteiger partial charge in [-0.15, -0.1) is 0 Å². The number of allylic oxidation sites excluding steroid dienone is 1. The van der Waals surface area contributed by atoms with Gasteiger partial charge in [0, 0.05) is 43.7 Å². The summed E-state index contributed by atoms with van der Waals surface area (Å²) in [6.45, 7) is 2.64. The minimum atomic E-state index is -0.699. The molecule has 0 saturated heterocycles. The molecule has 0 radical (unpaired) electrons. The molecule has 1 aromatic heterocycles. The number of benzene rings is 1. The first-order chi connectivity index (χ1) is 17.9. The Morgan fingerprint density at radius 1 is 1.14 bits per heavy atom. The van der Waals surface area contributed by atoms with Crippen molar-refractivity contribution in [2.24, 2.45) is 7.05 Å².